The van der Waals surface area contributed by atoms with E-state index in [2.05, 4.69) is 31.2 Å². The quantitative estimate of drug-likeness (QED) is 0.541. The van der Waals surface area contributed by atoms with Crippen LogP contribution in [-0.2, 0) is 0 Å². The van der Waals surface area contributed by atoms with Crippen LogP contribution < -0.4 is 4.43 Å². The van der Waals surface area contributed by atoms with E-state index in [1.807, 2.05) is 0 Å². The lowest BCUT2D eigenvalue weighted by Crippen LogP contribution is -1.99. The maximum atomic E-state index is 2.23. The van der Waals surface area contributed by atoms with Gasteiger partial charge in [0.25, 0.3) is 16.3 Å². The Labute approximate surface area is 82.3 Å². The fourth-order valence-electron chi connectivity index (χ4n) is 0.807. The molecule has 1 rings (SSSR count). The predicted octanol–water partition coefficient (Wildman–Crippen LogP) is 1.10. The molecule has 0 amide bonds. The second kappa shape index (κ2) is 6.07. The monoisotopic (exact) mass is 192 g/mol. The number of hydrogen-bond acceptors (Lipinski definition) is 0. The molecule has 1 aromatic rings. The largest absolute Gasteiger partial charge is 0.258 e. The van der Waals surface area contributed by atoms with Crippen molar-refractivity contribution in [3.8, 4) is 0 Å². The first-order valence-electron chi connectivity index (χ1n) is 2.82. The maximum absolute atomic E-state index is 2.23. The highest BCUT2D eigenvalue weighted by molar-refractivity contribution is 6.32. The van der Waals surface area contributed by atoms with Gasteiger partial charge in [-0.3, -0.25) is 0 Å². The highest BCUT2D eigenvalue weighted by atomic mass is 35.5. The van der Waals surface area contributed by atoms with Crippen molar-refractivity contribution in [1.82, 2.24) is 0 Å². The molecule has 56 valence electrons. The molecule has 3 heteroatoms. The normalized spacial score (nSPS) is 7.30. The van der Waals surface area contributed by atoms with E-state index in [4.69, 9.17) is 0 Å². The van der Waals surface area contributed by atoms with Gasteiger partial charge in [-0.1, -0.05) is 29.8 Å². The Hall–Kier alpha value is 0.332. The summed E-state index contributed by atoms with van der Waals surface area (Å²) in [6.45, 7) is 2.13. The van der Waals surface area contributed by atoms with Crippen LogP contribution in [0.3, 0.4) is 0 Å². The fraction of sp³-hybridized carbons (Fsp3) is 0.143. The summed E-state index contributed by atoms with van der Waals surface area (Å²) in [5, 5.41) is 0. The molecule has 0 radical (unpaired) electrons. The standard InChI is InChI=1S/C7H7.Al.2ClH.2H/c1-7-5-3-2-4-6-7;;;;;/h2-3,5-6H,1H3;;2*1H;;. The summed E-state index contributed by atoms with van der Waals surface area (Å²) in [6.07, 6.45) is 0. The lowest BCUT2D eigenvalue weighted by atomic mass is 10.2. The topological polar surface area (TPSA) is 0 Å². The number of rotatable bonds is 0. The van der Waals surface area contributed by atoms with Gasteiger partial charge in [-0.05, 0) is 6.92 Å². The van der Waals surface area contributed by atoms with Crippen LogP contribution in [0, 0.1) is 6.92 Å². The third-order valence-electron chi connectivity index (χ3n) is 1.17. The minimum atomic E-state index is 0. The zero-order chi connectivity index (χ0) is 5.98. The van der Waals surface area contributed by atoms with E-state index in [0.29, 0.717) is 0 Å². The van der Waals surface area contributed by atoms with Crippen molar-refractivity contribution in [2.45, 2.75) is 6.92 Å². The number of halogens is 2. The zero-order valence-electron chi connectivity index (χ0n) is 6.13. The van der Waals surface area contributed by atoms with Gasteiger partial charge in [0.15, 0.2) is 0 Å². The molecular formula is C7H11AlCl2. The third-order valence-corrected chi connectivity index (χ3v) is 1.80. The summed E-state index contributed by atoms with van der Waals surface area (Å²) in [4.78, 5) is 0. The van der Waals surface area contributed by atoms with Gasteiger partial charge < -0.3 is 0 Å². The fourth-order valence-corrected chi connectivity index (χ4v) is 1.45. The second-order valence-corrected chi connectivity index (χ2v) is 3.31. The van der Waals surface area contributed by atoms with Crippen molar-refractivity contribution in [3.63, 3.8) is 0 Å². The summed E-state index contributed by atoms with van der Waals surface area (Å²) < 4.78 is 1.48. The van der Waals surface area contributed by atoms with Gasteiger partial charge in [0.2, 0.25) is 0 Å². The SMILES string of the molecule is Cc1ccc[c]([AlH2])c1.Cl.Cl. The summed E-state index contributed by atoms with van der Waals surface area (Å²) in [5.41, 5.74) is 1.37. The van der Waals surface area contributed by atoms with E-state index >= 15 is 0 Å². The van der Waals surface area contributed by atoms with Crippen LogP contribution in [0.4, 0.5) is 0 Å². The molecule has 0 unspecified atom stereocenters. The van der Waals surface area contributed by atoms with E-state index in [1.165, 1.54) is 26.3 Å². The molecule has 0 heterocycles. The maximum Gasteiger partial charge on any atom is 0.258 e. The molecule has 0 atom stereocenters. The Morgan fingerprint density at radius 1 is 1.20 bits per heavy atom. The lowest BCUT2D eigenvalue weighted by Gasteiger charge is -1.91. The molecule has 0 aliphatic carbocycles. The molecule has 0 saturated heterocycles. The molecule has 10 heavy (non-hydrogen) atoms. The molecule has 0 saturated carbocycles. The average Bonchev–Trinajstić information content (AvgIpc) is 1.64. The van der Waals surface area contributed by atoms with Crippen LogP contribution in [0.25, 0.3) is 0 Å². The van der Waals surface area contributed by atoms with Crippen molar-refractivity contribution in [3.05, 3.63) is 29.8 Å². The van der Waals surface area contributed by atoms with Crippen molar-refractivity contribution < 1.29 is 0 Å². The molecule has 0 aromatic heterocycles. The summed E-state index contributed by atoms with van der Waals surface area (Å²) in [5.74, 6) is 0. The number of benzene rings is 1. The van der Waals surface area contributed by atoms with Gasteiger partial charge in [-0.15, -0.1) is 29.2 Å². The lowest BCUT2D eigenvalue weighted by molar-refractivity contribution is 1.50. The Kier molecular flexibility index (Phi) is 7.87. The van der Waals surface area contributed by atoms with Crippen LogP contribution in [0.5, 0.6) is 0 Å². The second-order valence-electron chi connectivity index (χ2n) is 2.16. The Morgan fingerprint density at radius 3 is 2.10 bits per heavy atom. The van der Waals surface area contributed by atoms with Crippen LogP contribution in [0.15, 0.2) is 24.3 Å². The van der Waals surface area contributed by atoms with Crippen LogP contribution >= 0.6 is 24.8 Å². The molecule has 0 aliphatic heterocycles. The summed E-state index contributed by atoms with van der Waals surface area (Å²) in [7, 11) is 0. The first-order chi connectivity index (χ1) is 3.79. The molecule has 0 bridgehead atoms. The molecule has 0 aliphatic rings. The molecule has 0 nitrogen and oxygen atoms in total. The van der Waals surface area contributed by atoms with E-state index in [0.717, 1.165) is 0 Å². The summed E-state index contributed by atoms with van der Waals surface area (Å²) >= 11 is 1.17. The Bertz CT molecular complexity index is 171. The zero-order valence-corrected chi connectivity index (χ0v) is 9.76. The van der Waals surface area contributed by atoms with E-state index < -0.39 is 0 Å². The molecule has 0 spiro atoms. The van der Waals surface area contributed by atoms with E-state index in [1.54, 1.807) is 0 Å². The molecule has 1 aromatic carbocycles. The van der Waals surface area contributed by atoms with Crippen LogP contribution in [0.1, 0.15) is 5.56 Å². The first kappa shape index (κ1) is 13.0. The van der Waals surface area contributed by atoms with Gasteiger partial charge in [-0.2, -0.15) is 0 Å². The van der Waals surface area contributed by atoms with Gasteiger partial charge in [0.05, 0.1) is 0 Å². The number of aryl methyl sites for hydroxylation is 1. The van der Waals surface area contributed by atoms with Gasteiger partial charge in [-0.25, -0.2) is 0 Å². The van der Waals surface area contributed by atoms with Crippen molar-refractivity contribution >= 4 is 45.5 Å². The molecule has 0 fully saturated rings. The van der Waals surface area contributed by atoms with Gasteiger partial charge in [0.1, 0.15) is 0 Å². The summed E-state index contributed by atoms with van der Waals surface area (Å²) in [6, 6.07) is 8.63. The van der Waals surface area contributed by atoms with Crippen LogP contribution in [0.2, 0.25) is 0 Å². The van der Waals surface area contributed by atoms with Crippen LogP contribution in [-0.4, -0.2) is 16.3 Å². The van der Waals surface area contributed by atoms with Gasteiger partial charge in [0, 0.05) is 0 Å². The Morgan fingerprint density at radius 2 is 1.80 bits per heavy atom. The van der Waals surface area contributed by atoms with Gasteiger partial charge >= 0.3 is 0 Å². The highest BCUT2D eigenvalue weighted by Crippen LogP contribution is 1.89. The molecular weight excluding hydrogens is 182 g/mol. The van der Waals surface area contributed by atoms with E-state index in [9.17, 15) is 0 Å². The third kappa shape index (κ3) is 4.20. The predicted molar refractivity (Wildman–Crippen MR) is 53.9 cm³/mol. The minimum absolute atomic E-state index is 0. The number of hydrogen-bond donors (Lipinski definition) is 0. The van der Waals surface area contributed by atoms with Crippen molar-refractivity contribution in [2.75, 3.05) is 0 Å². The first-order valence-corrected chi connectivity index (χ1v) is 3.82. The van der Waals surface area contributed by atoms with Crippen molar-refractivity contribution in [1.29, 1.82) is 0 Å². The van der Waals surface area contributed by atoms with E-state index in [-0.39, 0.29) is 24.8 Å². The van der Waals surface area contributed by atoms with Crippen molar-refractivity contribution in [2.24, 2.45) is 0 Å². The molecule has 0 N–H and O–H groups in total. The minimum Gasteiger partial charge on any atom is -0.147 e. The smallest absolute Gasteiger partial charge is 0.147 e. The highest BCUT2D eigenvalue weighted by Gasteiger charge is 1.80. The Balaban J connectivity index is 0. The average molecular weight is 193 g/mol.